The summed E-state index contributed by atoms with van der Waals surface area (Å²) in [6.07, 6.45) is 0. The number of carbonyl (C=O) groups excluding carboxylic acids is 2. The van der Waals surface area contributed by atoms with Gasteiger partial charge in [-0.25, -0.2) is 0 Å². The fourth-order valence-electron chi connectivity index (χ4n) is 2.16. The number of benzene rings is 1. The maximum absolute atomic E-state index is 12.5. The molecule has 2 amide bonds. The van der Waals surface area contributed by atoms with Crippen molar-refractivity contribution in [1.82, 2.24) is 5.32 Å². The third-order valence-corrected chi connectivity index (χ3v) is 3.88. The van der Waals surface area contributed by atoms with Gasteiger partial charge in [-0.1, -0.05) is 19.9 Å². The van der Waals surface area contributed by atoms with E-state index in [1.54, 1.807) is 4.90 Å². The van der Waals surface area contributed by atoms with Gasteiger partial charge in [0.25, 0.3) is 0 Å². The number of nitrogens with one attached hydrogen (secondary N) is 1. The third kappa shape index (κ3) is 2.81. The lowest BCUT2D eigenvalue weighted by atomic mass is 10.00. The summed E-state index contributed by atoms with van der Waals surface area (Å²) in [5.41, 5.74) is 1.81. The first-order valence-electron chi connectivity index (χ1n) is 6.27. The second-order valence-corrected chi connectivity index (χ2v) is 6.02. The number of nitrogens with zero attached hydrogens (tertiary/aromatic N) is 1. The van der Waals surface area contributed by atoms with Gasteiger partial charge in [0.1, 0.15) is 12.6 Å². The van der Waals surface area contributed by atoms with Crippen LogP contribution >= 0.6 is 15.9 Å². The minimum Gasteiger partial charge on any atom is -0.342 e. The number of halogens is 1. The smallest absolute Gasteiger partial charge is 0.250 e. The third-order valence-electron chi connectivity index (χ3n) is 3.21. The molecule has 1 N–H and O–H groups in total. The van der Waals surface area contributed by atoms with Crippen molar-refractivity contribution >= 4 is 33.4 Å². The topological polar surface area (TPSA) is 49.4 Å². The molecular weight excluding hydrogens is 308 g/mol. The van der Waals surface area contributed by atoms with E-state index < -0.39 is 6.04 Å². The zero-order valence-corrected chi connectivity index (χ0v) is 12.8. The molecule has 19 heavy (non-hydrogen) atoms. The van der Waals surface area contributed by atoms with E-state index in [2.05, 4.69) is 21.2 Å². The summed E-state index contributed by atoms with van der Waals surface area (Å²) in [6, 6.07) is 5.32. The van der Waals surface area contributed by atoms with Gasteiger partial charge in [-0.3, -0.25) is 9.59 Å². The van der Waals surface area contributed by atoms with Gasteiger partial charge in [0.2, 0.25) is 11.8 Å². The van der Waals surface area contributed by atoms with Crippen LogP contribution < -0.4 is 10.2 Å². The normalized spacial score (nSPS) is 19.8. The maximum atomic E-state index is 12.5. The number of hydrogen-bond donors (Lipinski definition) is 1. The Bertz CT molecular complexity index is 528. The van der Waals surface area contributed by atoms with E-state index >= 15 is 0 Å². The summed E-state index contributed by atoms with van der Waals surface area (Å²) < 4.78 is 0.823. The molecule has 1 heterocycles. The molecule has 1 aliphatic heterocycles. The molecule has 1 saturated heterocycles. The van der Waals surface area contributed by atoms with Gasteiger partial charge < -0.3 is 10.2 Å². The molecule has 0 bridgehead atoms. The standard InChI is InChI=1S/C14H17BrN2O2/c1-8(2)13-14(19)17(7-12(18)16-13)11-6-9(3)4-5-10(11)15/h4-6,8,13H,7H2,1-3H3,(H,16,18). The highest BCUT2D eigenvalue weighted by Crippen LogP contribution is 2.29. The summed E-state index contributed by atoms with van der Waals surface area (Å²) in [5.74, 6) is -0.101. The summed E-state index contributed by atoms with van der Waals surface area (Å²) in [5, 5.41) is 2.75. The van der Waals surface area contributed by atoms with Crippen LogP contribution in [0.5, 0.6) is 0 Å². The van der Waals surface area contributed by atoms with Crippen molar-refractivity contribution in [1.29, 1.82) is 0 Å². The highest BCUT2D eigenvalue weighted by Gasteiger charge is 2.35. The molecule has 0 aliphatic carbocycles. The summed E-state index contributed by atoms with van der Waals surface area (Å²) in [7, 11) is 0. The molecule has 1 atom stereocenters. The maximum Gasteiger partial charge on any atom is 0.250 e. The minimum absolute atomic E-state index is 0.0547. The van der Waals surface area contributed by atoms with E-state index in [9.17, 15) is 9.59 Å². The predicted molar refractivity (Wildman–Crippen MR) is 78.0 cm³/mol. The Kier molecular flexibility index (Phi) is 3.94. The molecule has 1 unspecified atom stereocenters. The number of carbonyl (C=O) groups is 2. The molecule has 0 radical (unpaired) electrons. The zero-order valence-electron chi connectivity index (χ0n) is 11.2. The first kappa shape index (κ1) is 14.1. The fourth-order valence-corrected chi connectivity index (χ4v) is 2.62. The molecule has 1 aromatic carbocycles. The summed E-state index contributed by atoms with van der Waals surface area (Å²) in [6.45, 7) is 5.89. The highest BCUT2D eigenvalue weighted by molar-refractivity contribution is 9.10. The van der Waals surface area contributed by atoms with Crippen LogP contribution in [0.3, 0.4) is 0 Å². The largest absolute Gasteiger partial charge is 0.342 e. The van der Waals surface area contributed by atoms with Gasteiger partial charge in [0.15, 0.2) is 0 Å². The SMILES string of the molecule is Cc1ccc(Br)c(N2CC(=O)NC(C(C)C)C2=O)c1. The highest BCUT2D eigenvalue weighted by atomic mass is 79.9. The zero-order chi connectivity index (χ0) is 14.2. The second kappa shape index (κ2) is 5.33. The van der Waals surface area contributed by atoms with E-state index in [1.165, 1.54) is 0 Å². The van der Waals surface area contributed by atoms with Gasteiger partial charge in [0, 0.05) is 4.47 Å². The van der Waals surface area contributed by atoms with Gasteiger partial charge >= 0.3 is 0 Å². The molecule has 1 aliphatic rings. The number of rotatable bonds is 2. The Morgan fingerprint density at radius 2 is 2.05 bits per heavy atom. The Hall–Kier alpha value is -1.36. The van der Waals surface area contributed by atoms with Crippen LogP contribution in [0.2, 0.25) is 0 Å². The lowest BCUT2D eigenvalue weighted by molar-refractivity contribution is -0.132. The molecule has 5 heteroatoms. The Balaban J connectivity index is 2.40. The molecule has 4 nitrogen and oxygen atoms in total. The second-order valence-electron chi connectivity index (χ2n) is 5.17. The fraction of sp³-hybridized carbons (Fsp3) is 0.429. The molecular formula is C14H17BrN2O2. The average molecular weight is 325 g/mol. The predicted octanol–water partition coefficient (Wildman–Crippen LogP) is 2.24. The van der Waals surface area contributed by atoms with Crippen LogP contribution in [-0.2, 0) is 9.59 Å². The van der Waals surface area contributed by atoms with Crippen LogP contribution in [0.4, 0.5) is 5.69 Å². The van der Waals surface area contributed by atoms with Crippen LogP contribution in [-0.4, -0.2) is 24.4 Å². The van der Waals surface area contributed by atoms with Crippen molar-refractivity contribution in [3.05, 3.63) is 28.2 Å². The lowest BCUT2D eigenvalue weighted by Gasteiger charge is -2.35. The monoisotopic (exact) mass is 324 g/mol. The van der Waals surface area contributed by atoms with Crippen LogP contribution in [0.15, 0.2) is 22.7 Å². The number of hydrogen-bond acceptors (Lipinski definition) is 2. The van der Waals surface area contributed by atoms with Crippen molar-refractivity contribution in [3.8, 4) is 0 Å². The Morgan fingerprint density at radius 1 is 1.37 bits per heavy atom. The number of amides is 2. The van der Waals surface area contributed by atoms with Crippen molar-refractivity contribution < 1.29 is 9.59 Å². The first-order valence-corrected chi connectivity index (χ1v) is 7.06. The van der Waals surface area contributed by atoms with E-state index in [0.29, 0.717) is 0 Å². The Labute approximate surface area is 121 Å². The van der Waals surface area contributed by atoms with Crippen molar-refractivity contribution in [2.24, 2.45) is 5.92 Å². The molecule has 0 saturated carbocycles. The minimum atomic E-state index is -0.450. The van der Waals surface area contributed by atoms with Gasteiger partial charge in [-0.15, -0.1) is 0 Å². The van der Waals surface area contributed by atoms with E-state index in [1.807, 2.05) is 39.0 Å². The summed E-state index contributed by atoms with van der Waals surface area (Å²) in [4.78, 5) is 25.8. The van der Waals surface area contributed by atoms with Gasteiger partial charge in [-0.2, -0.15) is 0 Å². The summed E-state index contributed by atoms with van der Waals surface area (Å²) >= 11 is 3.44. The average Bonchev–Trinajstić information content (AvgIpc) is 2.34. The first-order chi connectivity index (χ1) is 8.90. The van der Waals surface area contributed by atoms with Crippen LogP contribution in [0, 0.1) is 12.8 Å². The Morgan fingerprint density at radius 3 is 2.68 bits per heavy atom. The van der Waals surface area contributed by atoms with Crippen molar-refractivity contribution in [2.45, 2.75) is 26.8 Å². The van der Waals surface area contributed by atoms with E-state index in [-0.39, 0.29) is 24.3 Å². The van der Waals surface area contributed by atoms with Gasteiger partial charge in [-0.05, 0) is 46.5 Å². The number of piperazine rings is 1. The molecule has 0 spiro atoms. The van der Waals surface area contributed by atoms with E-state index in [0.717, 1.165) is 15.7 Å². The number of anilines is 1. The quantitative estimate of drug-likeness (QED) is 0.907. The number of aryl methyl sites for hydroxylation is 1. The van der Waals surface area contributed by atoms with Gasteiger partial charge in [0.05, 0.1) is 5.69 Å². The molecule has 1 fully saturated rings. The molecule has 102 valence electrons. The van der Waals surface area contributed by atoms with Crippen LogP contribution in [0.1, 0.15) is 19.4 Å². The van der Waals surface area contributed by atoms with Crippen molar-refractivity contribution in [3.63, 3.8) is 0 Å². The molecule has 1 aromatic rings. The lowest BCUT2D eigenvalue weighted by Crippen LogP contribution is -2.60. The van der Waals surface area contributed by atoms with Crippen LogP contribution in [0.25, 0.3) is 0 Å². The molecule has 0 aromatic heterocycles. The van der Waals surface area contributed by atoms with E-state index in [4.69, 9.17) is 0 Å². The van der Waals surface area contributed by atoms with Crippen molar-refractivity contribution in [2.75, 3.05) is 11.4 Å². The molecule has 2 rings (SSSR count).